The van der Waals surface area contributed by atoms with Crippen molar-refractivity contribution in [2.24, 2.45) is 5.92 Å². The quantitative estimate of drug-likeness (QED) is 0.667. The summed E-state index contributed by atoms with van der Waals surface area (Å²) >= 11 is 0. The molecule has 0 radical (unpaired) electrons. The molecule has 1 amide bonds. The van der Waals surface area contributed by atoms with Crippen LogP contribution in [-0.4, -0.2) is 37.0 Å². The molecule has 1 aromatic rings. The van der Waals surface area contributed by atoms with E-state index in [-0.39, 0.29) is 17.8 Å². The summed E-state index contributed by atoms with van der Waals surface area (Å²) in [6.07, 6.45) is 1.30. The maximum Gasteiger partial charge on any atom is 0.308 e. The van der Waals surface area contributed by atoms with Gasteiger partial charge in [0.25, 0.3) is 5.91 Å². The highest BCUT2D eigenvalue weighted by Gasteiger charge is 2.28. The lowest BCUT2D eigenvalue weighted by atomic mass is 9.95. The van der Waals surface area contributed by atoms with E-state index in [0.717, 1.165) is 11.1 Å². The van der Waals surface area contributed by atoms with E-state index >= 15 is 0 Å². The fourth-order valence-electron chi connectivity index (χ4n) is 2.75. The fourth-order valence-corrected chi connectivity index (χ4v) is 2.75. The average molecular weight is 290 g/mol. The molecule has 0 spiro atoms. The predicted octanol–water partition coefficient (Wildman–Crippen LogP) is 1.91. The smallest absolute Gasteiger partial charge is 0.308 e. The van der Waals surface area contributed by atoms with Crippen molar-refractivity contribution >= 4 is 17.6 Å². The lowest BCUT2D eigenvalue weighted by Gasteiger charge is -2.31. The third-order valence-corrected chi connectivity index (χ3v) is 4.16. The highest BCUT2D eigenvalue weighted by molar-refractivity contribution is 5.97. The van der Waals surface area contributed by atoms with Crippen LogP contribution in [0.25, 0.3) is 0 Å². The first-order valence-electron chi connectivity index (χ1n) is 7.18. The van der Waals surface area contributed by atoms with Crippen molar-refractivity contribution in [3.8, 4) is 0 Å². The number of hydrogen-bond acceptors (Lipinski definition) is 4. The number of likely N-dealkylation sites (tertiary alicyclic amines) is 1. The van der Waals surface area contributed by atoms with Crippen LogP contribution in [0.4, 0.5) is 5.69 Å². The standard InChI is InChI=1S/C16H22N2O3/c1-10-8-11(2)14(17)9-13(10)15(19)18-6-4-12(5-7-18)16(20)21-3/h8-9,12H,4-7,17H2,1-3H3. The van der Waals surface area contributed by atoms with E-state index in [2.05, 4.69) is 0 Å². The molecule has 5 nitrogen and oxygen atoms in total. The molecule has 2 rings (SSSR count). The van der Waals surface area contributed by atoms with Crippen molar-refractivity contribution in [1.29, 1.82) is 0 Å². The molecule has 1 aromatic carbocycles. The summed E-state index contributed by atoms with van der Waals surface area (Å²) in [6.45, 7) is 5.00. The van der Waals surface area contributed by atoms with Crippen LogP contribution < -0.4 is 5.73 Å². The fraction of sp³-hybridized carbons (Fsp3) is 0.500. The number of esters is 1. The van der Waals surface area contributed by atoms with Gasteiger partial charge in [0.05, 0.1) is 13.0 Å². The lowest BCUT2D eigenvalue weighted by Crippen LogP contribution is -2.40. The van der Waals surface area contributed by atoms with Gasteiger partial charge in [0.15, 0.2) is 0 Å². The van der Waals surface area contributed by atoms with Crippen molar-refractivity contribution in [3.05, 3.63) is 28.8 Å². The molecule has 0 bridgehead atoms. The van der Waals surface area contributed by atoms with Gasteiger partial charge in [0, 0.05) is 24.3 Å². The Bertz CT molecular complexity index is 561. The normalized spacial score (nSPS) is 15.9. The first-order chi connectivity index (χ1) is 9.93. The van der Waals surface area contributed by atoms with Gasteiger partial charge in [-0.05, 0) is 43.9 Å². The number of nitrogen functional groups attached to an aromatic ring is 1. The van der Waals surface area contributed by atoms with Crippen molar-refractivity contribution < 1.29 is 14.3 Å². The Morgan fingerprint density at radius 1 is 1.19 bits per heavy atom. The molecule has 1 heterocycles. The predicted molar refractivity (Wildman–Crippen MR) is 81.0 cm³/mol. The highest BCUT2D eigenvalue weighted by Crippen LogP contribution is 2.23. The van der Waals surface area contributed by atoms with E-state index < -0.39 is 0 Å². The maximum absolute atomic E-state index is 12.6. The number of carbonyl (C=O) groups is 2. The second-order valence-electron chi connectivity index (χ2n) is 5.61. The summed E-state index contributed by atoms with van der Waals surface area (Å²) in [6, 6.07) is 3.68. The molecule has 114 valence electrons. The zero-order valence-electron chi connectivity index (χ0n) is 12.8. The molecule has 1 saturated heterocycles. The zero-order valence-corrected chi connectivity index (χ0v) is 12.8. The number of hydrogen-bond donors (Lipinski definition) is 1. The van der Waals surface area contributed by atoms with Gasteiger partial charge in [-0.2, -0.15) is 0 Å². The summed E-state index contributed by atoms with van der Waals surface area (Å²) in [7, 11) is 1.40. The van der Waals surface area contributed by atoms with Gasteiger partial charge in [0.1, 0.15) is 0 Å². The van der Waals surface area contributed by atoms with Crippen molar-refractivity contribution in [3.63, 3.8) is 0 Å². The molecule has 2 N–H and O–H groups in total. The number of methoxy groups -OCH3 is 1. The third-order valence-electron chi connectivity index (χ3n) is 4.16. The Morgan fingerprint density at radius 2 is 1.81 bits per heavy atom. The van der Waals surface area contributed by atoms with E-state index in [1.807, 2.05) is 19.9 Å². The van der Waals surface area contributed by atoms with Crippen LogP contribution in [0.3, 0.4) is 0 Å². The van der Waals surface area contributed by atoms with E-state index in [1.165, 1.54) is 7.11 Å². The van der Waals surface area contributed by atoms with Gasteiger partial charge in [-0.1, -0.05) is 6.07 Å². The second-order valence-corrected chi connectivity index (χ2v) is 5.61. The van der Waals surface area contributed by atoms with Crippen molar-refractivity contribution in [1.82, 2.24) is 4.90 Å². The third kappa shape index (κ3) is 3.17. The van der Waals surface area contributed by atoms with E-state index in [4.69, 9.17) is 10.5 Å². The molecule has 1 aliphatic heterocycles. The van der Waals surface area contributed by atoms with E-state index in [9.17, 15) is 9.59 Å². The monoisotopic (exact) mass is 290 g/mol. The van der Waals surface area contributed by atoms with Crippen LogP contribution in [-0.2, 0) is 9.53 Å². The van der Waals surface area contributed by atoms with Gasteiger partial charge < -0.3 is 15.4 Å². The van der Waals surface area contributed by atoms with Crippen LogP contribution in [0.2, 0.25) is 0 Å². The average Bonchev–Trinajstić information content (AvgIpc) is 2.49. The van der Waals surface area contributed by atoms with Crippen LogP contribution in [0.15, 0.2) is 12.1 Å². The van der Waals surface area contributed by atoms with Gasteiger partial charge >= 0.3 is 5.97 Å². The molecule has 0 unspecified atom stereocenters. The first-order valence-corrected chi connectivity index (χ1v) is 7.18. The van der Waals surface area contributed by atoms with Gasteiger partial charge in [0.2, 0.25) is 0 Å². The second kappa shape index (κ2) is 6.16. The Kier molecular flexibility index (Phi) is 4.50. The van der Waals surface area contributed by atoms with Crippen LogP contribution >= 0.6 is 0 Å². The van der Waals surface area contributed by atoms with Crippen LogP contribution in [0.1, 0.15) is 34.3 Å². The molecular formula is C16H22N2O3. The number of benzene rings is 1. The number of ether oxygens (including phenoxy) is 1. The molecule has 1 aliphatic rings. The minimum Gasteiger partial charge on any atom is -0.469 e. The number of carbonyl (C=O) groups excluding carboxylic acids is 2. The first kappa shape index (κ1) is 15.4. The number of anilines is 1. The van der Waals surface area contributed by atoms with E-state index in [0.29, 0.717) is 37.2 Å². The van der Waals surface area contributed by atoms with Crippen molar-refractivity contribution in [2.45, 2.75) is 26.7 Å². The molecule has 0 aliphatic carbocycles. The maximum atomic E-state index is 12.6. The number of rotatable bonds is 2. The minimum absolute atomic E-state index is 0.0116. The molecule has 1 fully saturated rings. The zero-order chi connectivity index (χ0) is 15.6. The molecular weight excluding hydrogens is 268 g/mol. The van der Waals surface area contributed by atoms with Crippen LogP contribution in [0, 0.1) is 19.8 Å². The molecule has 0 atom stereocenters. The largest absolute Gasteiger partial charge is 0.469 e. The number of piperidine rings is 1. The summed E-state index contributed by atoms with van der Waals surface area (Å²) in [5, 5.41) is 0. The summed E-state index contributed by atoms with van der Waals surface area (Å²) in [4.78, 5) is 25.9. The lowest BCUT2D eigenvalue weighted by molar-refractivity contribution is -0.146. The van der Waals surface area contributed by atoms with Gasteiger partial charge in [-0.15, -0.1) is 0 Å². The van der Waals surface area contributed by atoms with E-state index in [1.54, 1.807) is 11.0 Å². The SMILES string of the molecule is COC(=O)C1CCN(C(=O)c2cc(N)c(C)cc2C)CC1. The number of aryl methyl sites for hydroxylation is 2. The number of nitrogens with two attached hydrogens (primary N) is 1. The Morgan fingerprint density at radius 3 is 2.38 bits per heavy atom. The topological polar surface area (TPSA) is 72.6 Å². The molecule has 5 heteroatoms. The molecule has 21 heavy (non-hydrogen) atoms. The number of nitrogens with zero attached hydrogens (tertiary/aromatic N) is 1. The van der Waals surface area contributed by atoms with Gasteiger partial charge in [-0.25, -0.2) is 0 Å². The van der Waals surface area contributed by atoms with Crippen LogP contribution in [0.5, 0.6) is 0 Å². The highest BCUT2D eigenvalue weighted by atomic mass is 16.5. The molecule has 0 aromatic heterocycles. The summed E-state index contributed by atoms with van der Waals surface area (Å²) in [5.74, 6) is -0.288. The summed E-state index contributed by atoms with van der Waals surface area (Å²) < 4.78 is 4.76. The summed E-state index contributed by atoms with van der Waals surface area (Å²) in [5.41, 5.74) is 9.10. The molecule has 0 saturated carbocycles. The Hall–Kier alpha value is -2.04. The Balaban J connectivity index is 2.09. The number of amides is 1. The van der Waals surface area contributed by atoms with Crippen molar-refractivity contribution in [2.75, 3.05) is 25.9 Å². The minimum atomic E-state index is -0.183. The Labute approximate surface area is 125 Å². The van der Waals surface area contributed by atoms with Gasteiger partial charge in [-0.3, -0.25) is 9.59 Å².